The minimum absolute atomic E-state index is 0.0172. The van der Waals surface area contributed by atoms with Crippen molar-refractivity contribution in [2.75, 3.05) is 18.0 Å². The second-order valence-electron chi connectivity index (χ2n) is 8.09. The molecule has 1 aliphatic heterocycles. The fourth-order valence-corrected chi connectivity index (χ4v) is 4.17. The predicted molar refractivity (Wildman–Crippen MR) is 118 cm³/mol. The number of aromatic nitrogens is 2. The molecule has 1 aromatic heterocycles. The summed E-state index contributed by atoms with van der Waals surface area (Å²) >= 11 is 0. The van der Waals surface area contributed by atoms with E-state index < -0.39 is 0 Å². The summed E-state index contributed by atoms with van der Waals surface area (Å²) in [5.41, 5.74) is 5.27. The molecule has 0 aliphatic carbocycles. The van der Waals surface area contributed by atoms with Crippen molar-refractivity contribution in [3.63, 3.8) is 0 Å². The molecule has 4 rings (SSSR count). The first-order valence-corrected chi connectivity index (χ1v) is 10.5. The topological polar surface area (TPSA) is 67.2 Å². The first-order chi connectivity index (χ1) is 14.5. The zero-order valence-electron chi connectivity index (χ0n) is 17.8. The van der Waals surface area contributed by atoms with Crippen molar-refractivity contribution in [1.29, 1.82) is 0 Å². The third-order valence-corrected chi connectivity index (χ3v) is 6.12. The van der Waals surface area contributed by atoms with Gasteiger partial charge >= 0.3 is 0 Å². The van der Waals surface area contributed by atoms with Gasteiger partial charge in [0.05, 0.1) is 17.0 Å². The van der Waals surface area contributed by atoms with Crippen molar-refractivity contribution >= 4 is 28.5 Å². The first kappa shape index (κ1) is 20.1. The Bertz CT molecular complexity index is 1100. The first-order valence-electron chi connectivity index (χ1n) is 10.5. The van der Waals surface area contributed by atoms with Crippen molar-refractivity contribution in [2.24, 2.45) is 13.0 Å². The molecule has 1 unspecified atom stereocenters. The molecule has 1 saturated heterocycles. The molecule has 6 heteroatoms. The summed E-state index contributed by atoms with van der Waals surface area (Å²) in [6, 6.07) is 14.0. The van der Waals surface area contributed by atoms with Crippen molar-refractivity contribution in [3.8, 4) is 0 Å². The van der Waals surface area contributed by atoms with Crippen LogP contribution in [0.15, 0.2) is 42.5 Å². The second-order valence-corrected chi connectivity index (χ2v) is 8.09. The van der Waals surface area contributed by atoms with E-state index in [-0.39, 0.29) is 24.2 Å². The Morgan fingerprint density at radius 2 is 1.97 bits per heavy atom. The van der Waals surface area contributed by atoms with Crippen LogP contribution in [0.2, 0.25) is 0 Å². The van der Waals surface area contributed by atoms with Gasteiger partial charge in [-0.05, 0) is 49.6 Å². The van der Waals surface area contributed by atoms with Gasteiger partial charge in [0.2, 0.25) is 11.8 Å². The highest BCUT2D eigenvalue weighted by Crippen LogP contribution is 2.29. The third kappa shape index (κ3) is 3.82. The molecular weight excluding hydrogens is 376 g/mol. The highest BCUT2D eigenvalue weighted by atomic mass is 16.2. The highest BCUT2D eigenvalue weighted by molar-refractivity contribution is 6.00. The van der Waals surface area contributed by atoms with E-state index in [1.54, 1.807) is 4.90 Å². The molecule has 2 aromatic carbocycles. The number of nitrogens with zero attached hydrogens (tertiary/aromatic N) is 3. The van der Waals surface area contributed by atoms with Crippen LogP contribution in [-0.4, -0.2) is 34.5 Å². The van der Waals surface area contributed by atoms with E-state index in [0.717, 1.165) is 46.5 Å². The standard InChI is InChI=1S/C24H28N4O2/c1-16-8-6-11-20(17(16)2)28-15-18(14-23(28)29)24(30)25-13-7-12-22-26-19-9-4-5-10-21(19)27(22)3/h4-6,8-11,18H,7,12-15H2,1-3H3,(H,25,30). The fourth-order valence-electron chi connectivity index (χ4n) is 4.17. The lowest BCUT2D eigenvalue weighted by Crippen LogP contribution is -2.33. The van der Waals surface area contributed by atoms with Crippen molar-refractivity contribution in [3.05, 3.63) is 59.4 Å². The van der Waals surface area contributed by atoms with E-state index >= 15 is 0 Å². The maximum atomic E-state index is 12.6. The molecule has 156 valence electrons. The van der Waals surface area contributed by atoms with E-state index in [1.807, 2.05) is 57.3 Å². The zero-order chi connectivity index (χ0) is 21.3. The number of carbonyl (C=O) groups is 2. The molecule has 0 bridgehead atoms. The Balaban J connectivity index is 1.31. The van der Waals surface area contributed by atoms with E-state index in [9.17, 15) is 9.59 Å². The van der Waals surface area contributed by atoms with Crippen LogP contribution < -0.4 is 10.2 Å². The minimum atomic E-state index is -0.298. The van der Waals surface area contributed by atoms with Gasteiger partial charge in [0.1, 0.15) is 5.82 Å². The number of amides is 2. The number of aryl methyl sites for hydroxylation is 3. The largest absolute Gasteiger partial charge is 0.356 e. The summed E-state index contributed by atoms with van der Waals surface area (Å²) in [6.07, 6.45) is 1.87. The van der Waals surface area contributed by atoms with Gasteiger partial charge in [-0.25, -0.2) is 4.98 Å². The molecule has 1 N–H and O–H groups in total. The lowest BCUT2D eigenvalue weighted by Gasteiger charge is -2.20. The number of rotatable bonds is 6. The molecule has 2 heterocycles. The summed E-state index contributed by atoms with van der Waals surface area (Å²) in [4.78, 5) is 31.6. The molecule has 6 nitrogen and oxygen atoms in total. The zero-order valence-corrected chi connectivity index (χ0v) is 17.8. The molecule has 1 aliphatic rings. The minimum Gasteiger partial charge on any atom is -0.356 e. The van der Waals surface area contributed by atoms with Crippen molar-refractivity contribution in [2.45, 2.75) is 33.1 Å². The number of imidazole rings is 1. The van der Waals surface area contributed by atoms with Crippen LogP contribution in [0.5, 0.6) is 0 Å². The van der Waals surface area contributed by atoms with Crippen LogP contribution >= 0.6 is 0 Å². The summed E-state index contributed by atoms with van der Waals surface area (Å²) in [5, 5.41) is 3.01. The average Bonchev–Trinajstić information content (AvgIpc) is 3.28. The number of hydrogen-bond donors (Lipinski definition) is 1. The molecule has 3 aromatic rings. The molecule has 0 saturated carbocycles. The summed E-state index contributed by atoms with van der Waals surface area (Å²) in [7, 11) is 2.02. The van der Waals surface area contributed by atoms with Crippen LogP contribution in [0.4, 0.5) is 5.69 Å². The normalized spacial score (nSPS) is 16.4. The molecule has 30 heavy (non-hydrogen) atoms. The molecule has 2 amide bonds. The van der Waals surface area contributed by atoms with E-state index in [2.05, 4.69) is 20.9 Å². The maximum Gasteiger partial charge on any atom is 0.227 e. The van der Waals surface area contributed by atoms with Gasteiger partial charge in [0, 0.05) is 38.7 Å². The highest BCUT2D eigenvalue weighted by Gasteiger charge is 2.35. The Morgan fingerprint density at radius 1 is 1.17 bits per heavy atom. The Morgan fingerprint density at radius 3 is 2.77 bits per heavy atom. The van der Waals surface area contributed by atoms with Gasteiger partial charge in [-0.2, -0.15) is 0 Å². The maximum absolute atomic E-state index is 12.6. The second kappa shape index (κ2) is 8.30. The number of benzene rings is 2. The number of fused-ring (bicyclic) bond motifs is 1. The molecule has 1 atom stereocenters. The van der Waals surface area contributed by atoms with Crippen LogP contribution in [0.1, 0.15) is 29.8 Å². The predicted octanol–water partition coefficient (Wildman–Crippen LogP) is 3.29. The van der Waals surface area contributed by atoms with Crippen LogP contribution in [0.3, 0.4) is 0 Å². The molecular formula is C24H28N4O2. The number of para-hydroxylation sites is 2. The van der Waals surface area contributed by atoms with Crippen LogP contribution in [0.25, 0.3) is 11.0 Å². The quantitative estimate of drug-likeness (QED) is 0.641. The number of nitrogens with one attached hydrogen (secondary N) is 1. The number of anilines is 1. The van der Waals surface area contributed by atoms with Gasteiger partial charge in [0.15, 0.2) is 0 Å². The van der Waals surface area contributed by atoms with Gasteiger partial charge in [-0.3, -0.25) is 9.59 Å². The Kier molecular flexibility index (Phi) is 5.57. The lowest BCUT2D eigenvalue weighted by atomic mass is 10.1. The average molecular weight is 405 g/mol. The number of carbonyl (C=O) groups excluding carboxylic acids is 2. The molecule has 0 radical (unpaired) electrons. The summed E-state index contributed by atoms with van der Waals surface area (Å²) in [5.74, 6) is 0.695. The monoisotopic (exact) mass is 404 g/mol. The van der Waals surface area contributed by atoms with Gasteiger partial charge < -0.3 is 14.8 Å². The van der Waals surface area contributed by atoms with Crippen molar-refractivity contribution in [1.82, 2.24) is 14.9 Å². The SMILES string of the molecule is Cc1cccc(N2CC(C(=O)NCCCc3nc4ccccc4n3C)CC2=O)c1C. The van der Waals surface area contributed by atoms with Gasteiger partial charge in [-0.15, -0.1) is 0 Å². The van der Waals surface area contributed by atoms with E-state index in [0.29, 0.717) is 13.1 Å². The van der Waals surface area contributed by atoms with E-state index in [1.165, 1.54) is 0 Å². The summed E-state index contributed by atoms with van der Waals surface area (Å²) in [6.45, 7) is 5.08. The van der Waals surface area contributed by atoms with Crippen LogP contribution in [0, 0.1) is 19.8 Å². The lowest BCUT2D eigenvalue weighted by molar-refractivity contribution is -0.126. The smallest absolute Gasteiger partial charge is 0.227 e. The van der Waals surface area contributed by atoms with Crippen LogP contribution in [-0.2, 0) is 23.1 Å². The van der Waals surface area contributed by atoms with E-state index in [4.69, 9.17) is 0 Å². The third-order valence-electron chi connectivity index (χ3n) is 6.12. The fraction of sp³-hybridized carbons (Fsp3) is 0.375. The van der Waals surface area contributed by atoms with Gasteiger partial charge in [-0.1, -0.05) is 24.3 Å². The molecule has 0 spiro atoms. The Labute approximate surface area is 176 Å². The molecule has 1 fully saturated rings. The number of hydrogen-bond acceptors (Lipinski definition) is 3. The summed E-state index contributed by atoms with van der Waals surface area (Å²) < 4.78 is 2.11. The van der Waals surface area contributed by atoms with Crippen molar-refractivity contribution < 1.29 is 9.59 Å². The van der Waals surface area contributed by atoms with Gasteiger partial charge in [0.25, 0.3) is 0 Å². The Hall–Kier alpha value is -3.15.